The number of unbranched alkanes of at least 4 members (excludes halogenated alkanes) is 1. The second-order valence-corrected chi connectivity index (χ2v) is 8.37. The van der Waals surface area contributed by atoms with Gasteiger partial charge in [0.15, 0.2) is 0 Å². The molecule has 4 aromatic rings. The first-order valence-corrected chi connectivity index (χ1v) is 11.9. The molecule has 1 amide bonds. The Kier molecular flexibility index (Phi) is 8.08. The fourth-order valence-electron chi connectivity index (χ4n) is 3.75. The molecule has 0 saturated heterocycles. The summed E-state index contributed by atoms with van der Waals surface area (Å²) in [5.74, 6) is -0.593. The molecule has 0 unspecified atom stereocenters. The van der Waals surface area contributed by atoms with Gasteiger partial charge in [-0.1, -0.05) is 55.0 Å². The molecular formula is C28H28N4O4. The number of rotatable bonds is 11. The smallest absolute Gasteiger partial charge is 0.335 e. The van der Waals surface area contributed by atoms with Gasteiger partial charge in [0.05, 0.1) is 29.6 Å². The molecule has 36 heavy (non-hydrogen) atoms. The van der Waals surface area contributed by atoms with Crippen molar-refractivity contribution in [2.45, 2.75) is 26.2 Å². The predicted molar refractivity (Wildman–Crippen MR) is 137 cm³/mol. The Labute approximate surface area is 209 Å². The Morgan fingerprint density at radius 3 is 2.31 bits per heavy atom. The van der Waals surface area contributed by atoms with E-state index < -0.39 is 5.97 Å². The van der Waals surface area contributed by atoms with Crippen LogP contribution in [-0.2, 0) is 6.42 Å². The van der Waals surface area contributed by atoms with Gasteiger partial charge in [0.25, 0.3) is 5.91 Å². The SMILES string of the molecule is CCCCOc1ccc(-c2cnn[nH]2)cc1C(=O)NCCc1ccc(-c2ccc(C(=O)O)cc2)cc1. The van der Waals surface area contributed by atoms with E-state index in [0.29, 0.717) is 30.9 Å². The molecule has 4 rings (SSSR count). The number of carboxylic acid groups (broad SMARTS) is 1. The molecule has 1 aromatic heterocycles. The zero-order valence-corrected chi connectivity index (χ0v) is 20.0. The maximum absolute atomic E-state index is 13.1. The van der Waals surface area contributed by atoms with Crippen LogP contribution in [-0.4, -0.2) is 45.5 Å². The fraction of sp³-hybridized carbons (Fsp3) is 0.214. The summed E-state index contributed by atoms with van der Waals surface area (Å²) >= 11 is 0. The minimum atomic E-state index is -0.941. The topological polar surface area (TPSA) is 117 Å². The molecule has 0 aliphatic rings. The van der Waals surface area contributed by atoms with Gasteiger partial charge < -0.3 is 15.2 Å². The summed E-state index contributed by atoms with van der Waals surface area (Å²) in [6.07, 6.45) is 4.19. The molecule has 0 radical (unpaired) electrons. The molecular weight excluding hydrogens is 456 g/mol. The second-order valence-electron chi connectivity index (χ2n) is 8.37. The van der Waals surface area contributed by atoms with Gasteiger partial charge in [-0.25, -0.2) is 4.79 Å². The lowest BCUT2D eigenvalue weighted by molar-refractivity contribution is 0.0696. The summed E-state index contributed by atoms with van der Waals surface area (Å²) in [5, 5.41) is 22.4. The standard InChI is InChI=1S/C28H28N4O4/c1-2-3-16-36-26-13-12-23(25-18-30-32-31-25)17-24(26)27(33)29-15-14-19-4-6-20(7-5-19)21-8-10-22(11-9-21)28(34)35/h4-13,17-18H,2-3,14-16H2,1H3,(H,29,33)(H,34,35)(H,30,31,32). The van der Waals surface area contributed by atoms with Gasteiger partial charge in [0.1, 0.15) is 5.75 Å². The van der Waals surface area contributed by atoms with Gasteiger partial charge in [0, 0.05) is 12.1 Å². The van der Waals surface area contributed by atoms with Crippen LogP contribution >= 0.6 is 0 Å². The van der Waals surface area contributed by atoms with Crippen LogP contribution in [0, 0.1) is 0 Å². The molecule has 0 aliphatic carbocycles. The summed E-state index contributed by atoms with van der Waals surface area (Å²) in [6.45, 7) is 3.11. The molecule has 0 bridgehead atoms. The highest BCUT2D eigenvalue weighted by atomic mass is 16.5. The quantitative estimate of drug-likeness (QED) is 0.258. The van der Waals surface area contributed by atoms with Crippen LogP contribution in [0.4, 0.5) is 0 Å². The molecule has 3 N–H and O–H groups in total. The largest absolute Gasteiger partial charge is 0.493 e. The summed E-state index contributed by atoms with van der Waals surface area (Å²) in [4.78, 5) is 24.1. The van der Waals surface area contributed by atoms with E-state index in [1.54, 1.807) is 36.5 Å². The van der Waals surface area contributed by atoms with Crippen LogP contribution in [0.2, 0.25) is 0 Å². The second kappa shape index (κ2) is 11.8. The average Bonchev–Trinajstić information content (AvgIpc) is 3.44. The van der Waals surface area contributed by atoms with Crippen molar-refractivity contribution in [1.82, 2.24) is 20.7 Å². The minimum absolute atomic E-state index is 0.203. The molecule has 8 nitrogen and oxygen atoms in total. The van der Waals surface area contributed by atoms with Gasteiger partial charge in [-0.05, 0) is 59.9 Å². The van der Waals surface area contributed by atoms with Gasteiger partial charge in [0.2, 0.25) is 0 Å². The third-order valence-corrected chi connectivity index (χ3v) is 5.82. The number of hydrogen-bond donors (Lipinski definition) is 3. The first kappa shape index (κ1) is 24.7. The predicted octanol–water partition coefficient (Wildman–Crippen LogP) is 4.99. The van der Waals surface area contributed by atoms with Crippen LogP contribution in [0.25, 0.3) is 22.4 Å². The molecule has 8 heteroatoms. The number of nitrogens with zero attached hydrogens (tertiary/aromatic N) is 2. The number of aromatic amines is 1. The van der Waals surface area contributed by atoms with Crippen molar-refractivity contribution < 1.29 is 19.4 Å². The van der Waals surface area contributed by atoms with Gasteiger partial charge in [-0.15, -0.1) is 5.10 Å². The number of benzene rings is 3. The van der Waals surface area contributed by atoms with Gasteiger partial charge >= 0.3 is 5.97 Å². The van der Waals surface area contributed by atoms with Crippen molar-refractivity contribution in [2.24, 2.45) is 0 Å². The molecule has 3 aromatic carbocycles. The van der Waals surface area contributed by atoms with Crippen LogP contribution in [0.5, 0.6) is 5.75 Å². The van der Waals surface area contributed by atoms with E-state index in [0.717, 1.165) is 40.8 Å². The van der Waals surface area contributed by atoms with Crippen molar-refractivity contribution in [3.63, 3.8) is 0 Å². The minimum Gasteiger partial charge on any atom is -0.493 e. The molecule has 0 saturated carbocycles. The molecule has 0 fully saturated rings. The number of nitrogens with one attached hydrogen (secondary N) is 2. The number of aromatic carboxylic acids is 1. The van der Waals surface area contributed by atoms with E-state index in [4.69, 9.17) is 9.84 Å². The van der Waals surface area contributed by atoms with Crippen LogP contribution < -0.4 is 10.1 Å². The summed E-state index contributed by atoms with van der Waals surface area (Å²) < 4.78 is 5.88. The van der Waals surface area contributed by atoms with Gasteiger partial charge in [-0.3, -0.25) is 9.89 Å². The zero-order valence-electron chi connectivity index (χ0n) is 20.0. The number of carbonyl (C=O) groups is 2. The maximum Gasteiger partial charge on any atom is 0.335 e. The monoisotopic (exact) mass is 484 g/mol. The van der Waals surface area contributed by atoms with Crippen molar-refractivity contribution in [1.29, 1.82) is 0 Å². The van der Waals surface area contributed by atoms with E-state index in [1.807, 2.05) is 36.4 Å². The van der Waals surface area contributed by atoms with Crippen LogP contribution in [0.1, 0.15) is 46.0 Å². The lowest BCUT2D eigenvalue weighted by atomic mass is 10.0. The number of hydrogen-bond acceptors (Lipinski definition) is 5. The van der Waals surface area contributed by atoms with E-state index in [9.17, 15) is 9.59 Å². The van der Waals surface area contributed by atoms with Crippen LogP contribution in [0.3, 0.4) is 0 Å². The Balaban J connectivity index is 1.39. The number of H-pyrrole nitrogens is 1. The first-order chi connectivity index (χ1) is 17.5. The van der Waals surface area contributed by atoms with Crippen molar-refractivity contribution >= 4 is 11.9 Å². The normalized spacial score (nSPS) is 10.7. The Morgan fingerprint density at radius 2 is 1.67 bits per heavy atom. The third-order valence-electron chi connectivity index (χ3n) is 5.82. The highest BCUT2D eigenvalue weighted by molar-refractivity contribution is 5.98. The summed E-state index contributed by atoms with van der Waals surface area (Å²) in [7, 11) is 0. The number of carboxylic acids is 1. The van der Waals surface area contributed by atoms with E-state index in [2.05, 4.69) is 27.7 Å². The van der Waals surface area contributed by atoms with E-state index >= 15 is 0 Å². The zero-order chi connectivity index (χ0) is 25.3. The number of aromatic nitrogens is 3. The van der Waals surface area contributed by atoms with E-state index in [1.165, 1.54) is 0 Å². The molecule has 0 atom stereocenters. The third kappa shape index (κ3) is 6.15. The summed E-state index contributed by atoms with van der Waals surface area (Å²) in [6, 6.07) is 20.3. The maximum atomic E-state index is 13.1. The van der Waals surface area contributed by atoms with Gasteiger partial charge in [-0.2, -0.15) is 0 Å². The fourth-order valence-corrected chi connectivity index (χ4v) is 3.75. The summed E-state index contributed by atoms with van der Waals surface area (Å²) in [5.41, 5.74) is 5.29. The first-order valence-electron chi connectivity index (χ1n) is 11.9. The van der Waals surface area contributed by atoms with Crippen LogP contribution in [0.15, 0.2) is 72.9 Å². The molecule has 0 aliphatic heterocycles. The highest BCUT2D eigenvalue weighted by Crippen LogP contribution is 2.26. The molecule has 184 valence electrons. The number of amides is 1. The Morgan fingerprint density at radius 1 is 0.972 bits per heavy atom. The van der Waals surface area contributed by atoms with Crippen molar-refractivity contribution in [3.05, 3.63) is 89.6 Å². The number of carbonyl (C=O) groups excluding carboxylic acids is 1. The van der Waals surface area contributed by atoms with Crippen molar-refractivity contribution in [2.75, 3.05) is 13.2 Å². The highest BCUT2D eigenvalue weighted by Gasteiger charge is 2.15. The number of ether oxygens (including phenoxy) is 1. The Hall–Kier alpha value is -4.46. The lowest BCUT2D eigenvalue weighted by Gasteiger charge is -2.13. The average molecular weight is 485 g/mol. The Bertz CT molecular complexity index is 1300. The van der Waals surface area contributed by atoms with E-state index in [-0.39, 0.29) is 11.5 Å². The van der Waals surface area contributed by atoms with Crippen molar-refractivity contribution in [3.8, 4) is 28.1 Å². The lowest BCUT2D eigenvalue weighted by Crippen LogP contribution is -2.26. The molecule has 1 heterocycles. The molecule has 0 spiro atoms.